The summed E-state index contributed by atoms with van der Waals surface area (Å²) < 4.78 is 25.7. The Hall–Kier alpha value is -0.920. The van der Waals surface area contributed by atoms with Crippen molar-refractivity contribution in [1.82, 2.24) is 5.32 Å². The van der Waals surface area contributed by atoms with Crippen molar-refractivity contribution < 1.29 is 13.2 Å². The number of halogens is 1. The Morgan fingerprint density at radius 3 is 2.70 bits per heavy atom. The summed E-state index contributed by atoms with van der Waals surface area (Å²) in [6.07, 6.45) is 7.18. The second kappa shape index (κ2) is 10.6. The van der Waals surface area contributed by atoms with Crippen molar-refractivity contribution in [2.45, 2.75) is 50.7 Å². The number of hydrogen-bond acceptors (Lipinski definition) is 4. The Kier molecular flexibility index (Phi) is 8.76. The van der Waals surface area contributed by atoms with Crippen LogP contribution in [0.2, 0.25) is 5.02 Å². The first-order valence-electron chi connectivity index (χ1n) is 9.40. The molecule has 2 rings (SSSR count). The summed E-state index contributed by atoms with van der Waals surface area (Å²) in [6, 6.07) is 5.21. The molecule has 152 valence electrons. The van der Waals surface area contributed by atoms with E-state index < -0.39 is 10.0 Å². The van der Waals surface area contributed by atoms with Crippen molar-refractivity contribution in [1.29, 1.82) is 0 Å². The number of nitrogens with zero attached hydrogens (tertiary/aromatic N) is 1. The van der Waals surface area contributed by atoms with Gasteiger partial charge < -0.3 is 5.32 Å². The number of hydrogen-bond donors (Lipinski definition) is 1. The van der Waals surface area contributed by atoms with E-state index in [4.69, 9.17) is 11.6 Å². The van der Waals surface area contributed by atoms with Crippen molar-refractivity contribution in [3.05, 3.63) is 28.8 Å². The smallest absolute Gasteiger partial charge is 0.232 e. The summed E-state index contributed by atoms with van der Waals surface area (Å²) in [7, 11) is -3.45. The fourth-order valence-corrected chi connectivity index (χ4v) is 5.68. The molecular weight excluding hydrogens is 404 g/mol. The maximum atomic E-state index is 12.2. The normalized spacial score (nSPS) is 15.1. The van der Waals surface area contributed by atoms with E-state index in [-0.39, 0.29) is 12.5 Å². The second-order valence-electron chi connectivity index (χ2n) is 6.95. The quantitative estimate of drug-likeness (QED) is 0.567. The molecule has 0 atom stereocenters. The minimum Gasteiger partial charge on any atom is -0.355 e. The first kappa shape index (κ1) is 22.4. The van der Waals surface area contributed by atoms with Crippen molar-refractivity contribution in [2.24, 2.45) is 0 Å². The maximum absolute atomic E-state index is 12.2. The third kappa shape index (κ3) is 7.20. The van der Waals surface area contributed by atoms with Crippen molar-refractivity contribution >= 4 is 45.0 Å². The van der Waals surface area contributed by atoms with Gasteiger partial charge in [0.05, 0.1) is 11.9 Å². The van der Waals surface area contributed by atoms with E-state index in [1.165, 1.54) is 36.2 Å². The van der Waals surface area contributed by atoms with Gasteiger partial charge in [0.1, 0.15) is 0 Å². The van der Waals surface area contributed by atoms with Crippen molar-refractivity contribution in [2.75, 3.05) is 29.4 Å². The predicted octanol–water partition coefficient (Wildman–Crippen LogP) is 3.99. The zero-order valence-electron chi connectivity index (χ0n) is 16.0. The molecule has 0 aromatic heterocycles. The molecule has 0 spiro atoms. The van der Waals surface area contributed by atoms with Gasteiger partial charge in [0, 0.05) is 35.5 Å². The standard InChI is InChI=1S/C19H29ClN2O3S2/c1-15-17(20)9-5-10-18(15)22(27(2,24)25)13-6-11-19(23)21-12-14-26-16-7-3-4-8-16/h5,9-10,16H,3-4,6-8,11-14H2,1-2H3,(H,21,23). The number of anilines is 1. The average Bonchev–Trinajstić information content (AvgIpc) is 3.11. The van der Waals surface area contributed by atoms with E-state index in [9.17, 15) is 13.2 Å². The number of thioether (sulfide) groups is 1. The monoisotopic (exact) mass is 432 g/mol. The zero-order valence-corrected chi connectivity index (χ0v) is 18.4. The summed E-state index contributed by atoms with van der Waals surface area (Å²) in [6.45, 7) is 2.72. The van der Waals surface area contributed by atoms with Crippen LogP contribution in [0.3, 0.4) is 0 Å². The highest BCUT2D eigenvalue weighted by molar-refractivity contribution is 7.99. The molecule has 27 heavy (non-hydrogen) atoms. The summed E-state index contributed by atoms with van der Waals surface area (Å²) in [5, 5.41) is 4.21. The molecule has 0 bridgehead atoms. The van der Waals surface area contributed by atoms with Crippen LogP contribution in [0.25, 0.3) is 0 Å². The number of benzene rings is 1. The molecule has 1 N–H and O–H groups in total. The number of rotatable bonds is 10. The second-order valence-corrected chi connectivity index (χ2v) is 10.7. The van der Waals surface area contributed by atoms with E-state index in [0.717, 1.165) is 16.6 Å². The Morgan fingerprint density at radius 2 is 2.04 bits per heavy atom. The van der Waals surface area contributed by atoms with Crippen LogP contribution < -0.4 is 9.62 Å². The molecule has 1 aliphatic carbocycles. The van der Waals surface area contributed by atoms with Crippen LogP contribution >= 0.6 is 23.4 Å². The number of carbonyl (C=O) groups excluding carboxylic acids is 1. The molecular formula is C19H29ClN2O3S2. The zero-order chi connectivity index (χ0) is 19.9. The SMILES string of the molecule is Cc1c(Cl)cccc1N(CCCC(=O)NCCSC1CCCC1)S(C)(=O)=O. The first-order chi connectivity index (χ1) is 12.8. The minimum atomic E-state index is -3.45. The van der Waals surface area contributed by atoms with E-state index in [1.54, 1.807) is 25.1 Å². The molecule has 0 radical (unpaired) electrons. The van der Waals surface area contributed by atoms with E-state index in [0.29, 0.717) is 30.1 Å². The molecule has 0 unspecified atom stereocenters. The molecule has 1 aliphatic rings. The molecule has 1 amide bonds. The molecule has 0 saturated heterocycles. The van der Waals surface area contributed by atoms with E-state index in [1.807, 2.05) is 11.8 Å². The topological polar surface area (TPSA) is 66.5 Å². The van der Waals surface area contributed by atoms with Gasteiger partial charge in [-0.15, -0.1) is 0 Å². The predicted molar refractivity (Wildman–Crippen MR) is 115 cm³/mol. The highest BCUT2D eigenvalue weighted by Crippen LogP contribution is 2.29. The van der Waals surface area contributed by atoms with Crippen molar-refractivity contribution in [3.8, 4) is 0 Å². The van der Waals surface area contributed by atoms with Gasteiger partial charge in [-0.25, -0.2) is 8.42 Å². The number of carbonyl (C=O) groups is 1. The molecule has 0 aliphatic heterocycles. The molecule has 1 aromatic carbocycles. The van der Waals surface area contributed by atoms with E-state index >= 15 is 0 Å². The van der Waals surface area contributed by atoms with Gasteiger partial charge in [-0.1, -0.05) is 30.5 Å². The van der Waals surface area contributed by atoms with Gasteiger partial charge in [-0.05, 0) is 43.9 Å². The molecule has 8 heteroatoms. The fraction of sp³-hybridized carbons (Fsp3) is 0.632. The summed E-state index contributed by atoms with van der Waals surface area (Å²) in [5.41, 5.74) is 1.29. The molecule has 1 fully saturated rings. The van der Waals surface area contributed by atoms with Crippen LogP contribution in [0.4, 0.5) is 5.69 Å². The molecule has 5 nitrogen and oxygen atoms in total. The van der Waals surface area contributed by atoms with Crippen LogP contribution in [0.1, 0.15) is 44.1 Å². The van der Waals surface area contributed by atoms with Gasteiger partial charge in [0.2, 0.25) is 15.9 Å². The number of nitrogens with one attached hydrogen (secondary N) is 1. The molecule has 0 heterocycles. The lowest BCUT2D eigenvalue weighted by molar-refractivity contribution is -0.121. The number of amides is 1. The lowest BCUT2D eigenvalue weighted by Crippen LogP contribution is -2.33. The van der Waals surface area contributed by atoms with Gasteiger partial charge >= 0.3 is 0 Å². The van der Waals surface area contributed by atoms with Crippen LogP contribution in [0.15, 0.2) is 18.2 Å². The Balaban J connectivity index is 1.78. The van der Waals surface area contributed by atoms with Crippen LogP contribution in [-0.2, 0) is 14.8 Å². The average molecular weight is 433 g/mol. The maximum Gasteiger partial charge on any atom is 0.232 e. The van der Waals surface area contributed by atoms with Gasteiger partial charge in [0.15, 0.2) is 0 Å². The minimum absolute atomic E-state index is 0.0294. The summed E-state index contributed by atoms with van der Waals surface area (Å²) in [4.78, 5) is 12.0. The third-order valence-electron chi connectivity index (χ3n) is 4.75. The first-order valence-corrected chi connectivity index (χ1v) is 12.7. The summed E-state index contributed by atoms with van der Waals surface area (Å²) in [5.74, 6) is 0.909. The highest BCUT2D eigenvalue weighted by Gasteiger charge is 2.20. The third-order valence-corrected chi connectivity index (χ3v) is 7.73. The van der Waals surface area contributed by atoms with Crippen LogP contribution in [0, 0.1) is 6.92 Å². The fourth-order valence-electron chi connectivity index (χ4n) is 3.27. The Morgan fingerprint density at radius 1 is 1.33 bits per heavy atom. The molecule has 1 saturated carbocycles. The lowest BCUT2D eigenvalue weighted by atomic mass is 10.2. The van der Waals surface area contributed by atoms with Crippen molar-refractivity contribution in [3.63, 3.8) is 0 Å². The van der Waals surface area contributed by atoms with Crippen LogP contribution in [0.5, 0.6) is 0 Å². The van der Waals surface area contributed by atoms with Gasteiger partial charge in [0.25, 0.3) is 0 Å². The van der Waals surface area contributed by atoms with Gasteiger partial charge in [-0.2, -0.15) is 11.8 Å². The Labute approximate surface area is 172 Å². The van der Waals surface area contributed by atoms with E-state index in [2.05, 4.69) is 5.32 Å². The largest absolute Gasteiger partial charge is 0.355 e. The number of sulfonamides is 1. The summed E-state index contributed by atoms with van der Waals surface area (Å²) >= 11 is 8.07. The molecule has 1 aromatic rings. The highest BCUT2D eigenvalue weighted by atomic mass is 35.5. The van der Waals surface area contributed by atoms with Crippen LogP contribution in [-0.4, -0.2) is 44.7 Å². The van der Waals surface area contributed by atoms with Gasteiger partial charge in [-0.3, -0.25) is 9.10 Å². The lowest BCUT2D eigenvalue weighted by Gasteiger charge is -2.24. The Bertz CT molecular complexity index is 734.